The lowest BCUT2D eigenvalue weighted by Gasteiger charge is -2.21. The SMILES string of the molecule is CCC(C)(O)COc1ccc(C(=O)O)nc1. The van der Waals surface area contributed by atoms with Gasteiger partial charge in [-0.1, -0.05) is 6.92 Å². The van der Waals surface area contributed by atoms with E-state index in [0.29, 0.717) is 12.2 Å². The van der Waals surface area contributed by atoms with Crippen LogP contribution < -0.4 is 4.74 Å². The van der Waals surface area contributed by atoms with E-state index in [4.69, 9.17) is 9.84 Å². The van der Waals surface area contributed by atoms with Gasteiger partial charge in [-0.3, -0.25) is 0 Å². The highest BCUT2D eigenvalue weighted by Crippen LogP contribution is 2.14. The minimum Gasteiger partial charge on any atom is -0.489 e. The van der Waals surface area contributed by atoms with Gasteiger partial charge in [-0.2, -0.15) is 0 Å². The van der Waals surface area contributed by atoms with Crippen LogP contribution >= 0.6 is 0 Å². The number of rotatable bonds is 5. The molecule has 5 nitrogen and oxygen atoms in total. The first-order valence-electron chi connectivity index (χ1n) is 4.99. The normalized spacial score (nSPS) is 14.2. The van der Waals surface area contributed by atoms with Crippen LogP contribution in [0, 0.1) is 0 Å². The summed E-state index contributed by atoms with van der Waals surface area (Å²) >= 11 is 0. The van der Waals surface area contributed by atoms with Crippen LogP contribution in [0.5, 0.6) is 5.75 Å². The molecule has 0 radical (unpaired) electrons. The highest BCUT2D eigenvalue weighted by Gasteiger charge is 2.18. The molecule has 0 saturated carbocycles. The standard InChI is InChI=1S/C11H15NO4/c1-3-11(2,15)7-16-8-4-5-9(10(13)14)12-6-8/h4-6,15H,3,7H2,1-2H3,(H,13,14). The van der Waals surface area contributed by atoms with E-state index in [1.54, 1.807) is 6.92 Å². The highest BCUT2D eigenvalue weighted by molar-refractivity contribution is 5.85. The van der Waals surface area contributed by atoms with Gasteiger partial charge in [-0.25, -0.2) is 9.78 Å². The lowest BCUT2D eigenvalue weighted by atomic mass is 10.1. The van der Waals surface area contributed by atoms with E-state index >= 15 is 0 Å². The monoisotopic (exact) mass is 225 g/mol. The molecular formula is C11H15NO4. The average Bonchev–Trinajstić information content (AvgIpc) is 2.27. The molecule has 1 heterocycles. The van der Waals surface area contributed by atoms with E-state index in [1.807, 2.05) is 6.92 Å². The predicted molar refractivity (Wildman–Crippen MR) is 57.6 cm³/mol. The van der Waals surface area contributed by atoms with Crippen molar-refractivity contribution in [2.24, 2.45) is 0 Å². The molecule has 1 rings (SSSR count). The minimum atomic E-state index is -1.08. The van der Waals surface area contributed by atoms with Crippen LogP contribution in [0.2, 0.25) is 0 Å². The number of hydrogen-bond acceptors (Lipinski definition) is 4. The first-order chi connectivity index (χ1) is 7.44. The lowest BCUT2D eigenvalue weighted by molar-refractivity contribution is 0.00833. The molecule has 1 aromatic rings. The van der Waals surface area contributed by atoms with Gasteiger partial charge < -0.3 is 14.9 Å². The van der Waals surface area contributed by atoms with Crippen molar-refractivity contribution >= 4 is 5.97 Å². The Bertz CT molecular complexity index is 359. The van der Waals surface area contributed by atoms with Gasteiger partial charge in [0.2, 0.25) is 0 Å². The fourth-order valence-corrected chi connectivity index (χ4v) is 0.933. The van der Waals surface area contributed by atoms with E-state index in [-0.39, 0.29) is 12.3 Å². The van der Waals surface area contributed by atoms with Crippen molar-refractivity contribution in [3.8, 4) is 5.75 Å². The molecule has 88 valence electrons. The molecule has 1 aromatic heterocycles. The van der Waals surface area contributed by atoms with Crippen LogP contribution in [-0.2, 0) is 0 Å². The van der Waals surface area contributed by atoms with Crippen LogP contribution in [0.4, 0.5) is 0 Å². The number of aromatic carboxylic acids is 1. The zero-order chi connectivity index (χ0) is 12.2. The average molecular weight is 225 g/mol. The Morgan fingerprint density at radius 3 is 2.69 bits per heavy atom. The summed E-state index contributed by atoms with van der Waals surface area (Å²) in [6.07, 6.45) is 1.91. The Morgan fingerprint density at radius 1 is 1.56 bits per heavy atom. The smallest absolute Gasteiger partial charge is 0.354 e. The molecule has 0 fully saturated rings. The fraction of sp³-hybridized carbons (Fsp3) is 0.455. The third-order valence-corrected chi connectivity index (χ3v) is 2.27. The van der Waals surface area contributed by atoms with E-state index in [1.165, 1.54) is 18.3 Å². The molecule has 0 saturated heterocycles. The highest BCUT2D eigenvalue weighted by atomic mass is 16.5. The molecule has 1 atom stereocenters. The number of hydrogen-bond donors (Lipinski definition) is 2. The molecule has 5 heteroatoms. The molecule has 2 N–H and O–H groups in total. The van der Waals surface area contributed by atoms with E-state index in [9.17, 15) is 9.90 Å². The van der Waals surface area contributed by atoms with Crippen molar-refractivity contribution in [2.45, 2.75) is 25.9 Å². The van der Waals surface area contributed by atoms with Crippen molar-refractivity contribution in [3.63, 3.8) is 0 Å². The number of nitrogens with zero attached hydrogens (tertiary/aromatic N) is 1. The molecule has 0 aliphatic carbocycles. The van der Waals surface area contributed by atoms with Crippen molar-refractivity contribution in [2.75, 3.05) is 6.61 Å². The van der Waals surface area contributed by atoms with Crippen molar-refractivity contribution in [1.29, 1.82) is 0 Å². The topological polar surface area (TPSA) is 79.7 Å². The molecule has 0 spiro atoms. The van der Waals surface area contributed by atoms with Gasteiger partial charge in [0.1, 0.15) is 18.1 Å². The van der Waals surface area contributed by atoms with Gasteiger partial charge >= 0.3 is 5.97 Å². The molecule has 0 amide bonds. The summed E-state index contributed by atoms with van der Waals surface area (Å²) in [6.45, 7) is 3.68. The van der Waals surface area contributed by atoms with Gasteiger partial charge in [0.25, 0.3) is 0 Å². The van der Waals surface area contributed by atoms with Crippen LogP contribution in [-0.4, -0.2) is 33.4 Å². The Hall–Kier alpha value is -1.62. The molecule has 1 unspecified atom stereocenters. The molecule has 0 aliphatic heterocycles. The zero-order valence-electron chi connectivity index (χ0n) is 9.30. The largest absolute Gasteiger partial charge is 0.489 e. The van der Waals surface area contributed by atoms with Crippen LogP contribution in [0.25, 0.3) is 0 Å². The number of aliphatic hydroxyl groups is 1. The summed E-state index contributed by atoms with van der Waals surface area (Å²) in [5.41, 5.74) is -0.916. The quantitative estimate of drug-likeness (QED) is 0.790. The first kappa shape index (κ1) is 12.4. The molecule has 0 bridgehead atoms. The second-order valence-electron chi connectivity index (χ2n) is 3.82. The van der Waals surface area contributed by atoms with Crippen LogP contribution in [0.15, 0.2) is 18.3 Å². The van der Waals surface area contributed by atoms with E-state index in [2.05, 4.69) is 4.98 Å². The second kappa shape index (κ2) is 4.94. The molecule has 16 heavy (non-hydrogen) atoms. The maximum Gasteiger partial charge on any atom is 0.354 e. The van der Waals surface area contributed by atoms with Crippen LogP contribution in [0.1, 0.15) is 30.8 Å². The third kappa shape index (κ3) is 3.51. The van der Waals surface area contributed by atoms with Crippen LogP contribution in [0.3, 0.4) is 0 Å². The van der Waals surface area contributed by atoms with Gasteiger partial charge in [-0.15, -0.1) is 0 Å². The summed E-state index contributed by atoms with van der Waals surface area (Å²) in [4.78, 5) is 14.2. The van der Waals surface area contributed by atoms with Gasteiger partial charge in [0.15, 0.2) is 0 Å². The summed E-state index contributed by atoms with van der Waals surface area (Å²) < 4.78 is 5.29. The van der Waals surface area contributed by atoms with Gasteiger partial charge in [0.05, 0.1) is 11.8 Å². The molecular weight excluding hydrogens is 210 g/mol. The van der Waals surface area contributed by atoms with Crippen molar-refractivity contribution < 1.29 is 19.7 Å². The third-order valence-electron chi connectivity index (χ3n) is 2.27. The number of carboxylic acid groups (broad SMARTS) is 1. The Balaban J connectivity index is 2.59. The molecule has 0 aromatic carbocycles. The second-order valence-corrected chi connectivity index (χ2v) is 3.82. The van der Waals surface area contributed by atoms with E-state index in [0.717, 1.165) is 0 Å². The van der Waals surface area contributed by atoms with Crippen molar-refractivity contribution in [3.05, 3.63) is 24.0 Å². The summed E-state index contributed by atoms with van der Waals surface area (Å²) in [7, 11) is 0. The number of carboxylic acids is 1. The minimum absolute atomic E-state index is 0.0328. The maximum atomic E-state index is 10.5. The lowest BCUT2D eigenvalue weighted by Crippen LogP contribution is -2.31. The Labute approximate surface area is 93.7 Å². The number of pyridine rings is 1. The summed E-state index contributed by atoms with van der Waals surface area (Å²) in [5, 5.41) is 18.3. The van der Waals surface area contributed by atoms with Gasteiger partial charge in [0, 0.05) is 0 Å². The number of aromatic nitrogens is 1. The fourth-order valence-electron chi connectivity index (χ4n) is 0.933. The number of ether oxygens (including phenoxy) is 1. The Kier molecular flexibility index (Phi) is 3.84. The first-order valence-corrected chi connectivity index (χ1v) is 4.99. The maximum absolute atomic E-state index is 10.5. The molecule has 0 aliphatic rings. The summed E-state index contributed by atoms with van der Waals surface area (Å²) in [6, 6.07) is 2.88. The zero-order valence-corrected chi connectivity index (χ0v) is 9.30. The Morgan fingerprint density at radius 2 is 2.25 bits per heavy atom. The summed E-state index contributed by atoms with van der Waals surface area (Å²) in [5.74, 6) is -0.633. The van der Waals surface area contributed by atoms with E-state index < -0.39 is 11.6 Å². The van der Waals surface area contributed by atoms with Gasteiger partial charge in [-0.05, 0) is 25.5 Å². The number of carbonyl (C=O) groups is 1. The van der Waals surface area contributed by atoms with Crippen molar-refractivity contribution in [1.82, 2.24) is 4.98 Å². The predicted octanol–water partition coefficient (Wildman–Crippen LogP) is 1.32.